The maximum absolute atomic E-state index is 8.94. The normalized spacial score (nSPS) is 12.4. The minimum Gasteiger partial charge on any atom is -0.396 e. The quantitative estimate of drug-likeness (QED) is 0.850. The smallest absolute Gasteiger partial charge is 0.0897 e. The van der Waals surface area contributed by atoms with E-state index in [0.717, 1.165) is 36.8 Å². The van der Waals surface area contributed by atoms with Gasteiger partial charge in [-0.05, 0) is 18.8 Å². The molecule has 0 amide bonds. The third-order valence-corrected chi connectivity index (χ3v) is 3.20. The zero-order valence-corrected chi connectivity index (χ0v) is 12.2. The SMILES string of the molecule is Cc1nc(CN(CCCO)CC(C)(C)C)cs1. The van der Waals surface area contributed by atoms with Crippen LogP contribution in [0.2, 0.25) is 0 Å². The molecule has 0 saturated carbocycles. The summed E-state index contributed by atoms with van der Waals surface area (Å²) in [5, 5.41) is 12.2. The maximum atomic E-state index is 8.94. The number of aryl methyl sites for hydroxylation is 1. The van der Waals surface area contributed by atoms with E-state index in [4.69, 9.17) is 5.11 Å². The molecule has 0 radical (unpaired) electrons. The summed E-state index contributed by atoms with van der Waals surface area (Å²) in [6.45, 7) is 11.9. The Bertz CT molecular complexity index is 330. The van der Waals surface area contributed by atoms with Crippen molar-refractivity contribution in [3.8, 4) is 0 Å². The Balaban J connectivity index is 2.56. The fourth-order valence-corrected chi connectivity index (χ4v) is 2.49. The highest BCUT2D eigenvalue weighted by Crippen LogP contribution is 2.18. The van der Waals surface area contributed by atoms with Gasteiger partial charge in [-0.2, -0.15) is 0 Å². The number of rotatable bonds is 6. The van der Waals surface area contributed by atoms with E-state index in [1.54, 1.807) is 11.3 Å². The van der Waals surface area contributed by atoms with Gasteiger partial charge in [-0.25, -0.2) is 4.98 Å². The molecule has 0 unspecified atom stereocenters. The van der Waals surface area contributed by atoms with Gasteiger partial charge in [0.25, 0.3) is 0 Å². The number of aliphatic hydroxyl groups is 1. The number of hydrogen-bond acceptors (Lipinski definition) is 4. The van der Waals surface area contributed by atoms with Gasteiger partial charge in [-0.3, -0.25) is 4.90 Å². The van der Waals surface area contributed by atoms with Crippen LogP contribution >= 0.6 is 11.3 Å². The van der Waals surface area contributed by atoms with Gasteiger partial charge in [0.15, 0.2) is 0 Å². The predicted molar refractivity (Wildman–Crippen MR) is 73.3 cm³/mol. The van der Waals surface area contributed by atoms with Crippen molar-refractivity contribution in [3.63, 3.8) is 0 Å². The van der Waals surface area contributed by atoms with Crippen molar-refractivity contribution in [2.24, 2.45) is 5.41 Å². The molecule has 0 spiro atoms. The van der Waals surface area contributed by atoms with Gasteiger partial charge in [-0.1, -0.05) is 20.8 Å². The molecule has 1 aromatic rings. The van der Waals surface area contributed by atoms with Crippen LogP contribution in [0, 0.1) is 12.3 Å². The third kappa shape index (κ3) is 6.15. The van der Waals surface area contributed by atoms with Crippen LogP contribution < -0.4 is 0 Å². The average molecular weight is 256 g/mol. The molecule has 1 heterocycles. The molecular formula is C13H24N2OS. The van der Waals surface area contributed by atoms with Gasteiger partial charge in [0.2, 0.25) is 0 Å². The Labute approximate surface area is 108 Å². The molecular weight excluding hydrogens is 232 g/mol. The second kappa shape index (κ2) is 6.47. The molecule has 1 rings (SSSR count). The first kappa shape index (κ1) is 14.6. The second-order valence-electron chi connectivity index (χ2n) is 5.71. The molecule has 1 N–H and O–H groups in total. The number of nitrogens with zero attached hydrogens (tertiary/aromatic N) is 2. The molecule has 0 aliphatic carbocycles. The highest BCUT2D eigenvalue weighted by Gasteiger charge is 2.17. The summed E-state index contributed by atoms with van der Waals surface area (Å²) in [5.41, 5.74) is 1.43. The first-order chi connectivity index (χ1) is 7.90. The topological polar surface area (TPSA) is 36.4 Å². The fourth-order valence-electron chi connectivity index (χ4n) is 1.89. The van der Waals surface area contributed by atoms with Crippen LogP contribution in [-0.4, -0.2) is 34.7 Å². The van der Waals surface area contributed by atoms with Crippen LogP contribution in [0.1, 0.15) is 37.9 Å². The summed E-state index contributed by atoms with van der Waals surface area (Å²) in [5.74, 6) is 0. The minimum atomic E-state index is 0.261. The van der Waals surface area contributed by atoms with Gasteiger partial charge in [0, 0.05) is 31.6 Å². The molecule has 0 aliphatic heterocycles. The van der Waals surface area contributed by atoms with Gasteiger partial charge < -0.3 is 5.11 Å². The van der Waals surface area contributed by atoms with E-state index < -0.39 is 0 Å². The maximum Gasteiger partial charge on any atom is 0.0897 e. The van der Waals surface area contributed by atoms with Crippen LogP contribution in [0.3, 0.4) is 0 Å². The van der Waals surface area contributed by atoms with Crippen LogP contribution in [0.15, 0.2) is 5.38 Å². The largest absolute Gasteiger partial charge is 0.396 e. The lowest BCUT2D eigenvalue weighted by atomic mass is 9.96. The Hall–Kier alpha value is -0.450. The van der Waals surface area contributed by atoms with Gasteiger partial charge in [-0.15, -0.1) is 11.3 Å². The van der Waals surface area contributed by atoms with E-state index in [1.807, 2.05) is 6.92 Å². The molecule has 0 fully saturated rings. The van der Waals surface area contributed by atoms with Crippen LogP contribution in [0.4, 0.5) is 0 Å². The highest BCUT2D eigenvalue weighted by atomic mass is 32.1. The van der Waals surface area contributed by atoms with E-state index >= 15 is 0 Å². The molecule has 0 bridgehead atoms. The summed E-state index contributed by atoms with van der Waals surface area (Å²) >= 11 is 1.70. The van der Waals surface area contributed by atoms with E-state index in [1.165, 1.54) is 0 Å². The summed E-state index contributed by atoms with van der Waals surface area (Å²) in [6.07, 6.45) is 0.833. The van der Waals surface area contributed by atoms with Crippen molar-refractivity contribution in [2.75, 3.05) is 19.7 Å². The lowest BCUT2D eigenvalue weighted by Gasteiger charge is -2.29. The van der Waals surface area contributed by atoms with E-state index in [2.05, 4.69) is 36.0 Å². The van der Waals surface area contributed by atoms with Crippen molar-refractivity contribution in [3.05, 3.63) is 16.1 Å². The first-order valence-corrected chi connectivity index (χ1v) is 7.03. The van der Waals surface area contributed by atoms with Crippen molar-refractivity contribution in [1.29, 1.82) is 0 Å². The number of aromatic nitrogens is 1. The molecule has 1 aromatic heterocycles. The summed E-state index contributed by atoms with van der Waals surface area (Å²) < 4.78 is 0. The lowest BCUT2D eigenvalue weighted by Crippen LogP contribution is -2.33. The van der Waals surface area contributed by atoms with Crippen molar-refractivity contribution < 1.29 is 5.11 Å². The zero-order valence-electron chi connectivity index (χ0n) is 11.4. The summed E-state index contributed by atoms with van der Waals surface area (Å²) in [7, 11) is 0. The first-order valence-electron chi connectivity index (χ1n) is 6.15. The Morgan fingerprint density at radius 2 is 2.12 bits per heavy atom. The average Bonchev–Trinajstić information content (AvgIpc) is 2.58. The number of hydrogen-bond donors (Lipinski definition) is 1. The lowest BCUT2D eigenvalue weighted by molar-refractivity contribution is 0.165. The van der Waals surface area contributed by atoms with Gasteiger partial charge >= 0.3 is 0 Å². The highest BCUT2D eigenvalue weighted by molar-refractivity contribution is 7.09. The van der Waals surface area contributed by atoms with Crippen molar-refractivity contribution in [2.45, 2.75) is 40.7 Å². The monoisotopic (exact) mass is 256 g/mol. The van der Waals surface area contributed by atoms with Crippen molar-refractivity contribution in [1.82, 2.24) is 9.88 Å². The number of aliphatic hydroxyl groups excluding tert-OH is 1. The second-order valence-corrected chi connectivity index (χ2v) is 6.77. The standard InChI is InChI=1S/C13H24N2OS/c1-11-14-12(9-17-11)8-15(6-5-7-16)10-13(2,3)4/h9,16H,5-8,10H2,1-4H3. The predicted octanol–water partition coefficient (Wildman–Crippen LogP) is 2.68. The van der Waals surface area contributed by atoms with Crippen LogP contribution in [0.25, 0.3) is 0 Å². The molecule has 98 valence electrons. The Morgan fingerprint density at radius 1 is 1.41 bits per heavy atom. The minimum absolute atomic E-state index is 0.261. The molecule has 0 aromatic carbocycles. The van der Waals surface area contributed by atoms with Gasteiger partial charge in [0.1, 0.15) is 0 Å². The molecule has 17 heavy (non-hydrogen) atoms. The van der Waals surface area contributed by atoms with Gasteiger partial charge in [0.05, 0.1) is 10.7 Å². The van der Waals surface area contributed by atoms with E-state index in [-0.39, 0.29) is 12.0 Å². The number of thiazole rings is 1. The molecule has 0 aliphatic rings. The summed E-state index contributed by atoms with van der Waals surface area (Å²) in [6, 6.07) is 0. The zero-order chi connectivity index (χ0) is 12.9. The summed E-state index contributed by atoms with van der Waals surface area (Å²) in [4.78, 5) is 6.88. The van der Waals surface area contributed by atoms with Crippen LogP contribution in [0.5, 0.6) is 0 Å². The van der Waals surface area contributed by atoms with E-state index in [9.17, 15) is 0 Å². The molecule has 0 saturated heterocycles. The molecule has 4 heteroatoms. The Morgan fingerprint density at radius 3 is 2.59 bits per heavy atom. The third-order valence-electron chi connectivity index (χ3n) is 2.38. The molecule has 0 atom stereocenters. The molecule has 3 nitrogen and oxygen atoms in total. The van der Waals surface area contributed by atoms with E-state index in [0.29, 0.717) is 0 Å². The Kier molecular flexibility index (Phi) is 5.56. The van der Waals surface area contributed by atoms with Crippen molar-refractivity contribution >= 4 is 11.3 Å². The van der Waals surface area contributed by atoms with Crippen LogP contribution in [-0.2, 0) is 6.54 Å². The fraction of sp³-hybridized carbons (Fsp3) is 0.769.